The fraction of sp³-hybridized carbons (Fsp3) is 0.200. The van der Waals surface area contributed by atoms with Crippen molar-refractivity contribution < 1.29 is 33.4 Å². The topological polar surface area (TPSA) is 106 Å². The molecule has 1 aliphatic heterocycles. The molecule has 1 atom stereocenters. The van der Waals surface area contributed by atoms with Gasteiger partial charge >= 0.3 is 11.9 Å². The highest BCUT2D eigenvalue weighted by Crippen LogP contribution is 2.44. The van der Waals surface area contributed by atoms with Gasteiger partial charge in [-0.25, -0.2) is 14.2 Å². The standard InChI is InChI=1S/C25H21FN2O6S/c1-4-34-24(32)22-13(2)27-25(35-22)28-19(14-8-10-16(26)11-9-14)18(21(30)23(28)31)20(29)15-6-5-7-17(12-15)33-3/h5-12,19,29H,4H2,1-3H3/b20-18+. The van der Waals surface area contributed by atoms with Crippen LogP contribution in [0.15, 0.2) is 54.1 Å². The number of aliphatic hydroxyl groups excluding tert-OH is 1. The number of methoxy groups -OCH3 is 1. The monoisotopic (exact) mass is 496 g/mol. The van der Waals surface area contributed by atoms with E-state index in [9.17, 15) is 23.9 Å². The summed E-state index contributed by atoms with van der Waals surface area (Å²) in [5.41, 5.74) is 0.772. The Morgan fingerprint density at radius 3 is 2.57 bits per heavy atom. The number of aromatic nitrogens is 1. The molecule has 0 radical (unpaired) electrons. The van der Waals surface area contributed by atoms with Gasteiger partial charge in [0.05, 0.1) is 31.0 Å². The largest absolute Gasteiger partial charge is 0.507 e. The van der Waals surface area contributed by atoms with Gasteiger partial charge in [0.25, 0.3) is 5.78 Å². The van der Waals surface area contributed by atoms with Crippen LogP contribution in [0.25, 0.3) is 5.76 Å². The molecule has 0 aliphatic carbocycles. The molecule has 1 unspecified atom stereocenters. The van der Waals surface area contributed by atoms with E-state index >= 15 is 0 Å². The number of Topliss-reactive ketones (excluding diaryl/α,β-unsaturated/α-hetero) is 1. The minimum atomic E-state index is -1.11. The van der Waals surface area contributed by atoms with E-state index in [-0.39, 0.29) is 27.8 Å². The van der Waals surface area contributed by atoms with Crippen molar-refractivity contribution in [3.63, 3.8) is 0 Å². The van der Waals surface area contributed by atoms with E-state index in [1.165, 1.54) is 37.4 Å². The van der Waals surface area contributed by atoms with Crippen molar-refractivity contribution in [3.05, 3.63) is 81.6 Å². The average Bonchev–Trinajstić information content (AvgIpc) is 3.36. The molecule has 1 aromatic heterocycles. The lowest BCUT2D eigenvalue weighted by Crippen LogP contribution is -2.29. The van der Waals surface area contributed by atoms with Crippen LogP contribution in [0.3, 0.4) is 0 Å². The Labute approximate surface area is 204 Å². The summed E-state index contributed by atoms with van der Waals surface area (Å²) in [6.45, 7) is 3.42. The molecule has 1 aliphatic rings. The fourth-order valence-corrected chi connectivity index (χ4v) is 4.77. The molecule has 0 bridgehead atoms. The summed E-state index contributed by atoms with van der Waals surface area (Å²) in [6, 6.07) is 10.5. The number of ether oxygens (including phenoxy) is 2. The molecular formula is C25H21FN2O6S. The number of halogens is 1. The number of amides is 1. The minimum Gasteiger partial charge on any atom is -0.507 e. The number of ketones is 1. The number of thiazole rings is 1. The predicted octanol–water partition coefficient (Wildman–Crippen LogP) is 4.40. The zero-order valence-corrected chi connectivity index (χ0v) is 19.9. The van der Waals surface area contributed by atoms with E-state index < -0.39 is 35.3 Å². The highest BCUT2D eigenvalue weighted by molar-refractivity contribution is 7.17. The molecule has 8 nitrogen and oxygen atoms in total. The van der Waals surface area contributed by atoms with Gasteiger partial charge in [-0.2, -0.15) is 0 Å². The lowest BCUT2D eigenvalue weighted by Gasteiger charge is -2.23. The van der Waals surface area contributed by atoms with Crippen molar-refractivity contribution >= 4 is 39.9 Å². The third kappa shape index (κ3) is 4.40. The number of hydrogen-bond donors (Lipinski definition) is 1. The van der Waals surface area contributed by atoms with Crippen LogP contribution in [-0.4, -0.2) is 41.5 Å². The zero-order valence-electron chi connectivity index (χ0n) is 19.1. The number of carbonyl (C=O) groups excluding carboxylic acids is 3. The first-order chi connectivity index (χ1) is 16.8. The van der Waals surface area contributed by atoms with Gasteiger partial charge in [-0.15, -0.1) is 0 Å². The van der Waals surface area contributed by atoms with E-state index in [0.717, 1.165) is 16.2 Å². The Morgan fingerprint density at radius 1 is 1.20 bits per heavy atom. The van der Waals surface area contributed by atoms with E-state index in [1.807, 2.05) is 0 Å². The van der Waals surface area contributed by atoms with Crippen molar-refractivity contribution in [1.29, 1.82) is 0 Å². The number of aryl methyl sites for hydroxylation is 1. The smallest absolute Gasteiger partial charge is 0.350 e. The average molecular weight is 497 g/mol. The zero-order chi connectivity index (χ0) is 25.3. The third-order valence-corrected chi connectivity index (χ3v) is 6.56. The molecule has 0 saturated carbocycles. The van der Waals surface area contributed by atoms with Crippen LogP contribution in [-0.2, 0) is 14.3 Å². The first kappa shape index (κ1) is 24.1. The van der Waals surface area contributed by atoms with Gasteiger partial charge in [-0.1, -0.05) is 35.6 Å². The summed E-state index contributed by atoms with van der Waals surface area (Å²) < 4.78 is 23.9. The number of carbonyl (C=O) groups is 3. The number of nitrogens with zero attached hydrogens (tertiary/aromatic N) is 2. The molecule has 10 heteroatoms. The number of rotatable bonds is 6. The number of esters is 1. The van der Waals surface area contributed by atoms with E-state index in [1.54, 1.807) is 32.0 Å². The molecule has 1 saturated heterocycles. The van der Waals surface area contributed by atoms with Crippen LogP contribution in [0.4, 0.5) is 9.52 Å². The summed E-state index contributed by atoms with van der Waals surface area (Å²) in [6.07, 6.45) is 0. The van der Waals surface area contributed by atoms with Crippen LogP contribution >= 0.6 is 11.3 Å². The van der Waals surface area contributed by atoms with Crippen molar-refractivity contribution in [2.24, 2.45) is 0 Å². The van der Waals surface area contributed by atoms with E-state index in [0.29, 0.717) is 17.0 Å². The second kappa shape index (κ2) is 9.67. The van der Waals surface area contributed by atoms with Crippen LogP contribution < -0.4 is 9.64 Å². The SMILES string of the molecule is CCOC(=O)c1sc(N2C(=O)C(=O)/C(=C(/O)c3cccc(OC)c3)C2c2ccc(F)cc2)nc1C. The van der Waals surface area contributed by atoms with E-state index in [2.05, 4.69) is 4.98 Å². The fourth-order valence-electron chi connectivity index (χ4n) is 3.79. The van der Waals surface area contributed by atoms with Gasteiger partial charge < -0.3 is 14.6 Å². The highest BCUT2D eigenvalue weighted by Gasteiger charge is 2.48. The number of aliphatic hydroxyl groups is 1. The number of benzene rings is 2. The van der Waals surface area contributed by atoms with Gasteiger partial charge in [0.2, 0.25) is 0 Å². The molecule has 3 aromatic rings. The van der Waals surface area contributed by atoms with Crippen molar-refractivity contribution in [2.45, 2.75) is 19.9 Å². The van der Waals surface area contributed by atoms with Gasteiger partial charge in [0, 0.05) is 5.56 Å². The molecule has 2 heterocycles. The van der Waals surface area contributed by atoms with Crippen molar-refractivity contribution in [2.75, 3.05) is 18.6 Å². The van der Waals surface area contributed by atoms with Gasteiger partial charge in [0.1, 0.15) is 22.2 Å². The summed E-state index contributed by atoms with van der Waals surface area (Å²) in [7, 11) is 1.46. The first-order valence-electron chi connectivity index (χ1n) is 10.6. The lowest BCUT2D eigenvalue weighted by molar-refractivity contribution is -0.132. The maximum Gasteiger partial charge on any atom is 0.350 e. The maximum atomic E-state index is 13.7. The normalized spacial score (nSPS) is 17.0. The predicted molar refractivity (Wildman–Crippen MR) is 127 cm³/mol. The summed E-state index contributed by atoms with van der Waals surface area (Å²) in [5.74, 6) is -2.96. The Kier molecular flexibility index (Phi) is 6.65. The molecule has 1 fully saturated rings. The highest BCUT2D eigenvalue weighted by atomic mass is 32.1. The lowest BCUT2D eigenvalue weighted by atomic mass is 9.95. The summed E-state index contributed by atoms with van der Waals surface area (Å²) in [5, 5.41) is 11.2. The second-order valence-electron chi connectivity index (χ2n) is 7.58. The summed E-state index contributed by atoms with van der Waals surface area (Å²) >= 11 is 0.897. The first-order valence-corrected chi connectivity index (χ1v) is 11.4. The van der Waals surface area contributed by atoms with Crippen LogP contribution in [0.1, 0.15) is 39.5 Å². The molecule has 4 rings (SSSR count). The maximum absolute atomic E-state index is 13.7. The molecule has 2 aromatic carbocycles. The second-order valence-corrected chi connectivity index (χ2v) is 8.56. The molecule has 35 heavy (non-hydrogen) atoms. The molecule has 0 spiro atoms. The quantitative estimate of drug-likeness (QED) is 0.233. The Bertz CT molecular complexity index is 1350. The number of hydrogen-bond acceptors (Lipinski definition) is 8. The van der Waals surface area contributed by atoms with Crippen molar-refractivity contribution in [1.82, 2.24) is 4.98 Å². The van der Waals surface area contributed by atoms with Crippen LogP contribution in [0, 0.1) is 12.7 Å². The minimum absolute atomic E-state index is 0.0756. The molecule has 1 N–H and O–H groups in total. The Morgan fingerprint density at radius 2 is 1.91 bits per heavy atom. The van der Waals surface area contributed by atoms with Gasteiger partial charge in [-0.3, -0.25) is 14.5 Å². The van der Waals surface area contributed by atoms with Crippen molar-refractivity contribution in [3.8, 4) is 5.75 Å². The van der Waals surface area contributed by atoms with Crippen LogP contribution in [0.2, 0.25) is 0 Å². The molecule has 1 amide bonds. The number of anilines is 1. The van der Waals surface area contributed by atoms with Gasteiger partial charge in [0.15, 0.2) is 5.13 Å². The van der Waals surface area contributed by atoms with Gasteiger partial charge in [-0.05, 0) is 43.7 Å². The van der Waals surface area contributed by atoms with Crippen LogP contribution in [0.5, 0.6) is 5.75 Å². The molecular weight excluding hydrogens is 475 g/mol. The molecule has 180 valence electrons. The third-order valence-electron chi connectivity index (χ3n) is 5.43. The van der Waals surface area contributed by atoms with E-state index in [4.69, 9.17) is 9.47 Å². The summed E-state index contributed by atoms with van der Waals surface area (Å²) in [4.78, 5) is 44.4. The Hall–Kier alpha value is -4.05. The Balaban J connectivity index is 1.91.